The van der Waals surface area contributed by atoms with Crippen molar-refractivity contribution in [3.8, 4) is 17.3 Å². The monoisotopic (exact) mass is 387 g/mol. The van der Waals surface area contributed by atoms with Crippen LogP contribution in [0.1, 0.15) is 24.2 Å². The topological polar surface area (TPSA) is 56.1 Å². The van der Waals surface area contributed by atoms with Gasteiger partial charge >= 0.3 is 6.18 Å². The molecule has 146 valence electrons. The standard InChI is InChI=1S/C20H20F3N5/c21-20(22,23)16-5-3-15(4-6-16)17-11-19(26-18(12-24)25-17)28-9-7-27(8-10-28)13-14-1-2-14/h3-6,11,14H,1-2,7-10,13H2. The summed E-state index contributed by atoms with van der Waals surface area (Å²) in [5.74, 6) is 1.52. The third-order valence-corrected chi connectivity index (χ3v) is 5.23. The summed E-state index contributed by atoms with van der Waals surface area (Å²) in [5, 5.41) is 9.28. The lowest BCUT2D eigenvalue weighted by atomic mass is 10.1. The van der Waals surface area contributed by atoms with Gasteiger partial charge in [-0.25, -0.2) is 9.97 Å². The first-order valence-corrected chi connectivity index (χ1v) is 9.36. The number of hydrogen-bond acceptors (Lipinski definition) is 5. The molecule has 2 aromatic rings. The minimum absolute atomic E-state index is 0.0211. The molecule has 1 aromatic heterocycles. The molecule has 0 bridgehead atoms. The summed E-state index contributed by atoms with van der Waals surface area (Å²) in [6, 6.07) is 8.52. The molecule has 2 fully saturated rings. The second-order valence-corrected chi connectivity index (χ2v) is 7.35. The van der Waals surface area contributed by atoms with E-state index in [-0.39, 0.29) is 5.82 Å². The predicted octanol–water partition coefficient (Wildman–Crippen LogP) is 3.57. The maximum Gasteiger partial charge on any atom is 0.416 e. The first-order chi connectivity index (χ1) is 13.4. The highest BCUT2D eigenvalue weighted by Crippen LogP contribution is 2.32. The number of hydrogen-bond donors (Lipinski definition) is 0. The van der Waals surface area contributed by atoms with Crippen LogP contribution in [0.4, 0.5) is 19.0 Å². The van der Waals surface area contributed by atoms with Crippen LogP contribution in [-0.4, -0.2) is 47.6 Å². The van der Waals surface area contributed by atoms with Crippen molar-refractivity contribution < 1.29 is 13.2 Å². The van der Waals surface area contributed by atoms with Gasteiger partial charge in [0, 0.05) is 44.4 Å². The Kier molecular flexibility index (Phi) is 4.94. The van der Waals surface area contributed by atoms with Crippen molar-refractivity contribution in [1.29, 1.82) is 5.26 Å². The van der Waals surface area contributed by atoms with Crippen molar-refractivity contribution in [2.75, 3.05) is 37.6 Å². The molecule has 0 radical (unpaired) electrons. The van der Waals surface area contributed by atoms with E-state index in [0.29, 0.717) is 17.1 Å². The zero-order chi connectivity index (χ0) is 19.7. The van der Waals surface area contributed by atoms with Crippen molar-refractivity contribution in [3.05, 3.63) is 41.7 Å². The first kappa shape index (κ1) is 18.7. The van der Waals surface area contributed by atoms with E-state index in [1.54, 1.807) is 6.07 Å². The Labute approximate surface area is 161 Å². The first-order valence-electron chi connectivity index (χ1n) is 9.36. The smallest absolute Gasteiger partial charge is 0.354 e. The van der Waals surface area contributed by atoms with Crippen molar-refractivity contribution in [1.82, 2.24) is 14.9 Å². The van der Waals surface area contributed by atoms with E-state index in [0.717, 1.165) is 50.8 Å². The van der Waals surface area contributed by atoms with E-state index in [4.69, 9.17) is 0 Å². The third-order valence-electron chi connectivity index (χ3n) is 5.23. The van der Waals surface area contributed by atoms with Crippen LogP contribution in [0, 0.1) is 17.2 Å². The normalized spacial score (nSPS) is 18.1. The molecule has 2 aliphatic rings. The van der Waals surface area contributed by atoms with Crippen molar-refractivity contribution in [3.63, 3.8) is 0 Å². The lowest BCUT2D eigenvalue weighted by Crippen LogP contribution is -2.47. The molecule has 1 aliphatic heterocycles. The van der Waals surface area contributed by atoms with Crippen LogP contribution in [0.5, 0.6) is 0 Å². The number of aromatic nitrogens is 2. The molecule has 1 saturated heterocycles. The second-order valence-electron chi connectivity index (χ2n) is 7.35. The molecule has 1 aliphatic carbocycles. The van der Waals surface area contributed by atoms with Gasteiger partial charge in [0.2, 0.25) is 5.82 Å². The average Bonchev–Trinajstić information content (AvgIpc) is 3.51. The minimum Gasteiger partial charge on any atom is -0.354 e. The molecule has 8 heteroatoms. The fraction of sp³-hybridized carbons (Fsp3) is 0.450. The van der Waals surface area contributed by atoms with E-state index in [2.05, 4.69) is 19.8 Å². The largest absolute Gasteiger partial charge is 0.416 e. The van der Waals surface area contributed by atoms with Gasteiger partial charge in [0.05, 0.1) is 11.3 Å². The van der Waals surface area contributed by atoms with E-state index < -0.39 is 11.7 Å². The predicted molar refractivity (Wildman–Crippen MR) is 98.6 cm³/mol. The zero-order valence-electron chi connectivity index (χ0n) is 15.3. The summed E-state index contributed by atoms with van der Waals surface area (Å²) < 4.78 is 38.3. The highest BCUT2D eigenvalue weighted by molar-refractivity contribution is 5.64. The Morgan fingerprint density at radius 3 is 2.29 bits per heavy atom. The van der Waals surface area contributed by atoms with E-state index in [9.17, 15) is 18.4 Å². The van der Waals surface area contributed by atoms with E-state index in [1.165, 1.54) is 25.0 Å². The number of piperazine rings is 1. The molecular formula is C20H20F3N5. The Bertz CT molecular complexity index is 876. The lowest BCUT2D eigenvalue weighted by Gasteiger charge is -2.35. The van der Waals surface area contributed by atoms with Gasteiger partial charge in [0.25, 0.3) is 0 Å². The van der Waals surface area contributed by atoms with Crippen LogP contribution in [0.3, 0.4) is 0 Å². The van der Waals surface area contributed by atoms with Gasteiger partial charge in [0.1, 0.15) is 11.9 Å². The Morgan fingerprint density at radius 1 is 1.04 bits per heavy atom. The highest BCUT2D eigenvalue weighted by atomic mass is 19.4. The molecule has 5 nitrogen and oxygen atoms in total. The molecule has 0 N–H and O–H groups in total. The molecule has 1 aromatic carbocycles. The molecule has 0 unspecified atom stereocenters. The van der Waals surface area contributed by atoms with E-state index in [1.807, 2.05) is 6.07 Å². The van der Waals surface area contributed by atoms with Gasteiger partial charge in [-0.1, -0.05) is 12.1 Å². The van der Waals surface area contributed by atoms with Gasteiger partial charge in [-0.3, -0.25) is 4.90 Å². The fourth-order valence-corrected chi connectivity index (χ4v) is 3.45. The molecule has 1 saturated carbocycles. The number of nitriles is 1. The van der Waals surface area contributed by atoms with Gasteiger partial charge < -0.3 is 4.90 Å². The van der Waals surface area contributed by atoms with Crippen molar-refractivity contribution in [2.45, 2.75) is 19.0 Å². The summed E-state index contributed by atoms with van der Waals surface area (Å²) in [6.07, 6.45) is -1.73. The Morgan fingerprint density at radius 2 is 1.71 bits per heavy atom. The number of halogens is 3. The van der Waals surface area contributed by atoms with Crippen molar-refractivity contribution in [2.24, 2.45) is 5.92 Å². The number of alkyl halides is 3. The molecule has 0 spiro atoms. The molecule has 0 amide bonds. The number of benzene rings is 1. The quantitative estimate of drug-likeness (QED) is 0.803. The number of nitrogens with zero attached hydrogens (tertiary/aromatic N) is 5. The van der Waals surface area contributed by atoms with Gasteiger partial charge in [-0.2, -0.15) is 18.4 Å². The summed E-state index contributed by atoms with van der Waals surface area (Å²) in [5.41, 5.74) is 0.272. The van der Waals surface area contributed by atoms with Crippen LogP contribution >= 0.6 is 0 Å². The Balaban J connectivity index is 1.54. The van der Waals surface area contributed by atoms with Crippen molar-refractivity contribution >= 4 is 5.82 Å². The Hall–Kier alpha value is -2.66. The lowest BCUT2D eigenvalue weighted by molar-refractivity contribution is -0.137. The molecule has 28 heavy (non-hydrogen) atoms. The van der Waals surface area contributed by atoms with Gasteiger partial charge in [0.15, 0.2) is 0 Å². The molecule has 2 heterocycles. The van der Waals surface area contributed by atoms with Crippen LogP contribution in [-0.2, 0) is 6.18 Å². The summed E-state index contributed by atoms with van der Waals surface area (Å²) in [4.78, 5) is 13.1. The van der Waals surface area contributed by atoms with Crippen LogP contribution < -0.4 is 4.90 Å². The number of rotatable bonds is 4. The average molecular weight is 387 g/mol. The molecular weight excluding hydrogens is 367 g/mol. The summed E-state index contributed by atoms with van der Waals surface area (Å²) in [6.45, 7) is 4.65. The van der Waals surface area contributed by atoms with Crippen LogP contribution in [0.2, 0.25) is 0 Å². The third kappa shape index (κ3) is 4.25. The molecule has 4 rings (SSSR count). The van der Waals surface area contributed by atoms with Crippen LogP contribution in [0.15, 0.2) is 30.3 Å². The summed E-state index contributed by atoms with van der Waals surface area (Å²) >= 11 is 0. The zero-order valence-corrected chi connectivity index (χ0v) is 15.3. The number of anilines is 1. The molecule has 0 atom stereocenters. The van der Waals surface area contributed by atoms with E-state index >= 15 is 0 Å². The van der Waals surface area contributed by atoms with Gasteiger partial charge in [-0.05, 0) is 30.9 Å². The fourth-order valence-electron chi connectivity index (χ4n) is 3.45. The summed E-state index contributed by atoms with van der Waals surface area (Å²) in [7, 11) is 0. The highest BCUT2D eigenvalue weighted by Gasteiger charge is 2.30. The van der Waals surface area contributed by atoms with Gasteiger partial charge in [-0.15, -0.1) is 0 Å². The maximum atomic E-state index is 12.8. The second kappa shape index (κ2) is 7.40. The maximum absolute atomic E-state index is 12.8. The minimum atomic E-state index is -4.38. The SMILES string of the molecule is N#Cc1nc(-c2ccc(C(F)(F)F)cc2)cc(N2CCN(CC3CC3)CC2)n1. The van der Waals surface area contributed by atoms with Crippen LogP contribution in [0.25, 0.3) is 11.3 Å².